The van der Waals surface area contributed by atoms with Crippen molar-refractivity contribution in [2.75, 3.05) is 26.2 Å². The molecule has 1 fully saturated rings. The van der Waals surface area contributed by atoms with Crippen LogP contribution in [0.15, 0.2) is 58.8 Å². The van der Waals surface area contributed by atoms with E-state index in [1.807, 2.05) is 40.3 Å². The minimum Gasteiger partial charge on any atom is -0.297 e. The Morgan fingerprint density at radius 1 is 1.00 bits per heavy atom. The van der Waals surface area contributed by atoms with Crippen LogP contribution in [-0.2, 0) is 13.2 Å². The number of benzene rings is 1. The summed E-state index contributed by atoms with van der Waals surface area (Å²) in [5.74, 6) is 0. The minimum atomic E-state index is 0.0687. The van der Waals surface area contributed by atoms with Gasteiger partial charge in [0.2, 0.25) is 0 Å². The van der Waals surface area contributed by atoms with E-state index in [2.05, 4.69) is 26.9 Å². The molecule has 4 rings (SSSR count). The second-order valence-electron chi connectivity index (χ2n) is 6.69. The lowest BCUT2D eigenvalue weighted by Crippen LogP contribution is -2.47. The van der Waals surface area contributed by atoms with Gasteiger partial charge in [-0.2, -0.15) is 0 Å². The number of pyridine rings is 1. The van der Waals surface area contributed by atoms with E-state index in [9.17, 15) is 4.79 Å². The number of piperazine rings is 1. The predicted octanol–water partition coefficient (Wildman–Crippen LogP) is 3.40. The molecule has 0 saturated carbocycles. The maximum absolute atomic E-state index is 12.3. The van der Waals surface area contributed by atoms with Gasteiger partial charge in [0.15, 0.2) is 0 Å². The van der Waals surface area contributed by atoms with Gasteiger partial charge in [-0.05, 0) is 29.8 Å². The number of hydrogen-bond donors (Lipinski definition) is 0. The summed E-state index contributed by atoms with van der Waals surface area (Å²) in [6, 6.07) is 13.8. The Hall–Kier alpha value is -1.99. The van der Waals surface area contributed by atoms with E-state index in [-0.39, 0.29) is 4.87 Å². The maximum atomic E-state index is 12.3. The highest BCUT2D eigenvalue weighted by Gasteiger charge is 2.19. The van der Waals surface area contributed by atoms with Gasteiger partial charge in [-0.3, -0.25) is 24.1 Å². The van der Waals surface area contributed by atoms with Crippen LogP contribution in [0.4, 0.5) is 0 Å². The molecule has 0 bridgehead atoms. The number of hydrogen-bond acceptors (Lipinski definition) is 5. The molecule has 2 aromatic heterocycles. The van der Waals surface area contributed by atoms with Crippen LogP contribution in [0, 0.1) is 0 Å². The van der Waals surface area contributed by atoms with E-state index in [1.165, 1.54) is 16.9 Å². The Morgan fingerprint density at radius 2 is 1.74 bits per heavy atom. The van der Waals surface area contributed by atoms with Crippen LogP contribution in [0.2, 0.25) is 5.02 Å². The topological polar surface area (TPSA) is 41.4 Å². The number of rotatable bonds is 5. The molecule has 1 aliphatic heterocycles. The fraction of sp³-hybridized carbons (Fsp3) is 0.300. The molecule has 0 N–H and O–H groups in total. The molecule has 0 unspecified atom stereocenters. The SMILES string of the molecule is O=c1scc(-c2ccccn2)n1CN1CCN(Cc2ccc(Cl)cc2)CC1. The Kier molecular flexibility index (Phi) is 5.69. The molecule has 1 saturated heterocycles. The molecule has 3 aromatic rings. The number of nitrogens with zero attached hydrogens (tertiary/aromatic N) is 4. The van der Waals surface area contributed by atoms with E-state index >= 15 is 0 Å². The quantitative estimate of drug-likeness (QED) is 0.658. The molecule has 0 amide bonds. The van der Waals surface area contributed by atoms with Gasteiger partial charge in [0, 0.05) is 49.3 Å². The van der Waals surface area contributed by atoms with Crippen LogP contribution < -0.4 is 4.87 Å². The first-order valence-electron chi connectivity index (χ1n) is 8.98. The van der Waals surface area contributed by atoms with Crippen molar-refractivity contribution in [2.45, 2.75) is 13.2 Å². The molecule has 0 radical (unpaired) electrons. The zero-order chi connectivity index (χ0) is 18.6. The third kappa shape index (κ3) is 4.47. The van der Waals surface area contributed by atoms with Crippen molar-refractivity contribution in [2.24, 2.45) is 0 Å². The highest BCUT2D eigenvalue weighted by Crippen LogP contribution is 2.18. The average molecular weight is 401 g/mol. The predicted molar refractivity (Wildman–Crippen MR) is 110 cm³/mol. The molecule has 0 aliphatic carbocycles. The third-order valence-electron chi connectivity index (χ3n) is 4.84. The van der Waals surface area contributed by atoms with Crippen molar-refractivity contribution in [3.63, 3.8) is 0 Å². The van der Waals surface area contributed by atoms with Gasteiger partial charge in [0.25, 0.3) is 0 Å². The first kappa shape index (κ1) is 18.4. The monoisotopic (exact) mass is 400 g/mol. The van der Waals surface area contributed by atoms with Gasteiger partial charge in [0.05, 0.1) is 18.1 Å². The van der Waals surface area contributed by atoms with Gasteiger partial charge >= 0.3 is 4.87 Å². The molecular weight excluding hydrogens is 380 g/mol. The lowest BCUT2D eigenvalue weighted by atomic mass is 10.2. The zero-order valence-corrected chi connectivity index (χ0v) is 16.5. The van der Waals surface area contributed by atoms with Gasteiger partial charge < -0.3 is 0 Å². The summed E-state index contributed by atoms with van der Waals surface area (Å²) in [6.07, 6.45) is 1.76. The Balaban J connectivity index is 1.38. The van der Waals surface area contributed by atoms with Crippen molar-refractivity contribution in [3.05, 3.63) is 74.3 Å². The summed E-state index contributed by atoms with van der Waals surface area (Å²) in [5.41, 5.74) is 3.02. The number of aromatic nitrogens is 2. The van der Waals surface area contributed by atoms with Gasteiger partial charge in [-0.15, -0.1) is 0 Å². The first-order chi connectivity index (χ1) is 13.2. The summed E-state index contributed by atoms with van der Waals surface area (Å²) < 4.78 is 1.84. The summed E-state index contributed by atoms with van der Waals surface area (Å²) in [5, 5.41) is 2.68. The first-order valence-corrected chi connectivity index (χ1v) is 10.2. The molecule has 5 nitrogen and oxygen atoms in total. The maximum Gasteiger partial charge on any atom is 0.308 e. The van der Waals surface area contributed by atoms with Gasteiger partial charge in [-0.1, -0.05) is 41.1 Å². The molecule has 0 spiro atoms. The summed E-state index contributed by atoms with van der Waals surface area (Å²) in [6.45, 7) is 5.40. The molecule has 27 heavy (non-hydrogen) atoms. The van der Waals surface area contributed by atoms with E-state index in [1.54, 1.807) is 6.20 Å². The van der Waals surface area contributed by atoms with Crippen molar-refractivity contribution >= 4 is 22.9 Å². The molecule has 7 heteroatoms. The molecule has 1 aliphatic rings. The van der Waals surface area contributed by atoms with Gasteiger partial charge in [0.1, 0.15) is 0 Å². The largest absolute Gasteiger partial charge is 0.308 e. The fourth-order valence-electron chi connectivity index (χ4n) is 3.32. The molecule has 3 heterocycles. The summed E-state index contributed by atoms with van der Waals surface area (Å²) >= 11 is 7.20. The normalized spacial score (nSPS) is 15.9. The Bertz CT molecular complexity index is 931. The van der Waals surface area contributed by atoms with E-state index in [4.69, 9.17) is 11.6 Å². The minimum absolute atomic E-state index is 0.0687. The third-order valence-corrected chi connectivity index (χ3v) is 5.85. The number of thiazole rings is 1. The van der Waals surface area contributed by atoms with Crippen molar-refractivity contribution < 1.29 is 0 Å². The Labute approximate surface area is 167 Å². The van der Waals surface area contributed by atoms with Gasteiger partial charge in [-0.25, -0.2) is 0 Å². The molecule has 140 valence electrons. The number of halogens is 1. The van der Waals surface area contributed by atoms with Crippen molar-refractivity contribution in [3.8, 4) is 11.4 Å². The van der Waals surface area contributed by atoms with E-state index < -0.39 is 0 Å². The van der Waals surface area contributed by atoms with E-state index in [0.717, 1.165) is 49.1 Å². The molecule has 0 atom stereocenters. The summed E-state index contributed by atoms with van der Waals surface area (Å²) in [7, 11) is 0. The van der Waals surface area contributed by atoms with Crippen molar-refractivity contribution in [1.29, 1.82) is 0 Å². The highest BCUT2D eigenvalue weighted by molar-refractivity contribution is 7.07. The van der Waals surface area contributed by atoms with Crippen LogP contribution >= 0.6 is 22.9 Å². The smallest absolute Gasteiger partial charge is 0.297 e. The lowest BCUT2D eigenvalue weighted by molar-refractivity contribution is 0.103. The average Bonchev–Trinajstić information content (AvgIpc) is 3.06. The van der Waals surface area contributed by atoms with Crippen LogP contribution in [0.25, 0.3) is 11.4 Å². The second-order valence-corrected chi connectivity index (χ2v) is 7.95. The van der Waals surface area contributed by atoms with Crippen LogP contribution in [0.3, 0.4) is 0 Å². The standard InChI is InChI=1S/C20H21ClN4OS/c21-17-6-4-16(5-7-17)13-23-9-11-24(12-10-23)15-25-19(14-27-20(25)26)18-3-1-2-8-22-18/h1-8,14H,9-13,15H2. The lowest BCUT2D eigenvalue weighted by Gasteiger charge is -2.34. The second kappa shape index (κ2) is 8.35. The molecular formula is C20H21ClN4OS. The Morgan fingerprint density at radius 3 is 2.44 bits per heavy atom. The zero-order valence-electron chi connectivity index (χ0n) is 14.9. The van der Waals surface area contributed by atoms with Crippen molar-refractivity contribution in [1.82, 2.24) is 19.4 Å². The summed E-state index contributed by atoms with van der Waals surface area (Å²) in [4.78, 5) is 21.6. The fourth-order valence-corrected chi connectivity index (χ4v) is 4.19. The van der Waals surface area contributed by atoms with Crippen LogP contribution in [0.5, 0.6) is 0 Å². The highest BCUT2D eigenvalue weighted by atomic mass is 35.5. The van der Waals surface area contributed by atoms with Crippen LogP contribution in [-0.4, -0.2) is 45.5 Å². The molecule has 1 aromatic carbocycles. The van der Waals surface area contributed by atoms with Crippen LogP contribution in [0.1, 0.15) is 5.56 Å². The van der Waals surface area contributed by atoms with E-state index in [0.29, 0.717) is 6.67 Å².